The topological polar surface area (TPSA) is 69.3 Å². The average molecular weight is 446 g/mol. The van der Waals surface area contributed by atoms with Gasteiger partial charge in [-0.3, -0.25) is 14.7 Å². The quantitative estimate of drug-likeness (QED) is 0.767. The lowest BCUT2D eigenvalue weighted by atomic mass is 9.91. The predicted molar refractivity (Wildman–Crippen MR) is 110 cm³/mol. The smallest absolute Gasteiger partial charge is 0.338 e. The van der Waals surface area contributed by atoms with Gasteiger partial charge in [-0.1, -0.05) is 18.2 Å². The Morgan fingerprint density at radius 2 is 1.78 bits per heavy atom. The van der Waals surface area contributed by atoms with Gasteiger partial charge in [0.05, 0.1) is 5.56 Å². The Balaban J connectivity index is 1.29. The third kappa shape index (κ3) is 3.57. The van der Waals surface area contributed by atoms with Gasteiger partial charge in [0.2, 0.25) is 5.91 Å². The van der Waals surface area contributed by atoms with Crippen LogP contribution in [0.5, 0.6) is 0 Å². The number of carbonyl (C=O) groups is 2. The summed E-state index contributed by atoms with van der Waals surface area (Å²) in [5.41, 5.74) is 1.87. The van der Waals surface area contributed by atoms with Crippen LogP contribution in [-0.2, 0) is 23.9 Å². The molecule has 2 aromatic rings. The first-order chi connectivity index (χ1) is 15.2. The molecule has 2 fully saturated rings. The van der Waals surface area contributed by atoms with E-state index >= 15 is 0 Å². The number of hydrogen-bond donors (Lipinski definition) is 1. The van der Waals surface area contributed by atoms with E-state index in [1.165, 1.54) is 13.0 Å². The van der Waals surface area contributed by atoms with Crippen molar-refractivity contribution in [3.63, 3.8) is 0 Å². The fourth-order valence-corrected chi connectivity index (χ4v) is 5.72. The van der Waals surface area contributed by atoms with Crippen LogP contribution in [0.1, 0.15) is 58.6 Å². The molecule has 0 radical (unpaired) electrons. The first kappa shape index (κ1) is 21.0. The van der Waals surface area contributed by atoms with Crippen LogP contribution < -0.4 is 0 Å². The summed E-state index contributed by atoms with van der Waals surface area (Å²) in [6, 6.07) is 5.85. The molecule has 0 spiro atoms. The Bertz CT molecular complexity index is 1050. The van der Waals surface area contributed by atoms with Crippen LogP contribution in [0.4, 0.5) is 13.2 Å². The van der Waals surface area contributed by atoms with Gasteiger partial charge >= 0.3 is 6.18 Å². The molecule has 9 heteroatoms. The highest BCUT2D eigenvalue weighted by Crippen LogP contribution is 2.49. The van der Waals surface area contributed by atoms with Crippen molar-refractivity contribution in [2.45, 2.75) is 44.8 Å². The minimum Gasteiger partial charge on any atom is -0.338 e. The number of fused-ring (bicyclic) bond motifs is 2. The Kier molecular flexibility index (Phi) is 5.02. The molecule has 1 saturated carbocycles. The lowest BCUT2D eigenvalue weighted by molar-refractivity contribution is -0.138. The van der Waals surface area contributed by atoms with Crippen molar-refractivity contribution in [3.05, 3.63) is 52.3 Å². The number of hydrogen-bond acceptors (Lipinski definition) is 3. The van der Waals surface area contributed by atoms with Crippen LogP contribution in [0.3, 0.4) is 0 Å². The van der Waals surface area contributed by atoms with Gasteiger partial charge in [0, 0.05) is 50.8 Å². The summed E-state index contributed by atoms with van der Waals surface area (Å²) in [5.74, 6) is 0.0514. The van der Waals surface area contributed by atoms with Crippen molar-refractivity contribution in [1.29, 1.82) is 0 Å². The molecule has 170 valence electrons. The third-order valence-electron chi connectivity index (χ3n) is 7.33. The SMILES string of the molecule is CC(=O)N1CCc2[nH]nc(C(=O)N3CC4CC(c5ccccc5C(F)(F)F)C[C@H]4C3)c2C1. The molecule has 6 nitrogen and oxygen atoms in total. The van der Waals surface area contributed by atoms with Gasteiger partial charge in [-0.2, -0.15) is 18.3 Å². The van der Waals surface area contributed by atoms with Crippen LogP contribution in [0, 0.1) is 11.8 Å². The first-order valence-corrected chi connectivity index (χ1v) is 11.0. The number of aromatic amines is 1. The predicted octanol–water partition coefficient (Wildman–Crippen LogP) is 3.60. The Morgan fingerprint density at radius 1 is 1.09 bits per heavy atom. The van der Waals surface area contributed by atoms with E-state index < -0.39 is 11.7 Å². The molecule has 1 saturated heterocycles. The number of alkyl halides is 3. The molecule has 3 heterocycles. The molecule has 3 atom stereocenters. The molecule has 1 aromatic carbocycles. The molecule has 2 unspecified atom stereocenters. The van der Waals surface area contributed by atoms with Gasteiger partial charge in [-0.05, 0) is 42.2 Å². The zero-order valence-corrected chi connectivity index (χ0v) is 17.8. The second-order valence-electron chi connectivity index (χ2n) is 9.20. The van der Waals surface area contributed by atoms with E-state index in [4.69, 9.17) is 0 Å². The average Bonchev–Trinajstić information content (AvgIpc) is 3.45. The zero-order chi connectivity index (χ0) is 22.6. The van der Waals surface area contributed by atoms with Crippen LogP contribution in [0.2, 0.25) is 0 Å². The Labute approximate surface area is 183 Å². The third-order valence-corrected chi connectivity index (χ3v) is 7.33. The summed E-state index contributed by atoms with van der Waals surface area (Å²) in [6.07, 6.45) is -2.42. The van der Waals surface area contributed by atoms with Crippen molar-refractivity contribution < 1.29 is 22.8 Å². The Morgan fingerprint density at radius 3 is 2.44 bits per heavy atom. The van der Waals surface area contributed by atoms with Gasteiger partial charge in [0.15, 0.2) is 5.69 Å². The number of aromatic nitrogens is 2. The molecule has 5 rings (SSSR count). The molecule has 1 N–H and O–H groups in total. The number of nitrogens with zero attached hydrogens (tertiary/aromatic N) is 3. The minimum atomic E-state index is -4.36. The molecule has 1 aromatic heterocycles. The summed E-state index contributed by atoms with van der Waals surface area (Å²) >= 11 is 0. The van der Waals surface area contributed by atoms with Crippen molar-refractivity contribution in [2.24, 2.45) is 11.8 Å². The van der Waals surface area contributed by atoms with E-state index in [0.29, 0.717) is 56.7 Å². The largest absolute Gasteiger partial charge is 0.416 e. The normalized spacial score (nSPS) is 25.1. The summed E-state index contributed by atoms with van der Waals surface area (Å²) in [5, 5.41) is 7.20. The zero-order valence-electron chi connectivity index (χ0n) is 17.8. The van der Waals surface area contributed by atoms with Crippen LogP contribution in [-0.4, -0.2) is 51.4 Å². The maximum Gasteiger partial charge on any atom is 0.416 e. The van der Waals surface area contributed by atoms with Crippen molar-refractivity contribution in [1.82, 2.24) is 20.0 Å². The number of likely N-dealkylation sites (tertiary alicyclic amines) is 1. The lowest BCUT2D eigenvalue weighted by Gasteiger charge is -2.26. The van der Waals surface area contributed by atoms with Crippen molar-refractivity contribution >= 4 is 11.8 Å². The van der Waals surface area contributed by atoms with Crippen LogP contribution >= 0.6 is 0 Å². The molecule has 1 aliphatic carbocycles. The van der Waals surface area contributed by atoms with E-state index in [1.807, 2.05) is 0 Å². The summed E-state index contributed by atoms with van der Waals surface area (Å²) in [7, 11) is 0. The van der Waals surface area contributed by atoms with Crippen molar-refractivity contribution in [3.8, 4) is 0 Å². The van der Waals surface area contributed by atoms with Crippen LogP contribution in [0.15, 0.2) is 24.3 Å². The fourth-order valence-electron chi connectivity index (χ4n) is 5.72. The molecular weight excluding hydrogens is 421 g/mol. The highest BCUT2D eigenvalue weighted by Gasteiger charge is 2.45. The highest BCUT2D eigenvalue weighted by molar-refractivity contribution is 5.94. The van der Waals surface area contributed by atoms with E-state index in [1.54, 1.807) is 21.9 Å². The summed E-state index contributed by atoms with van der Waals surface area (Å²) in [6.45, 7) is 3.56. The summed E-state index contributed by atoms with van der Waals surface area (Å²) in [4.78, 5) is 28.5. The molecule has 2 aliphatic heterocycles. The van der Waals surface area contributed by atoms with Crippen molar-refractivity contribution in [2.75, 3.05) is 19.6 Å². The standard InChI is InChI=1S/C23H25F3N4O2/c1-13(31)29-7-6-20-18(12-29)21(28-27-20)22(32)30-10-15-8-14(9-16(15)11-30)17-4-2-3-5-19(17)23(24,25)26/h2-5,14-16H,6-12H2,1H3,(H,27,28)/t14?,15-,16?/m0/s1. The molecular formula is C23H25F3N4O2. The number of amides is 2. The first-order valence-electron chi connectivity index (χ1n) is 11.0. The molecule has 0 bridgehead atoms. The minimum absolute atomic E-state index is 0.0314. The Hall–Kier alpha value is -2.84. The van der Waals surface area contributed by atoms with Crippen LogP contribution in [0.25, 0.3) is 0 Å². The van der Waals surface area contributed by atoms with Gasteiger partial charge in [0.25, 0.3) is 5.91 Å². The molecule has 3 aliphatic rings. The van der Waals surface area contributed by atoms with E-state index in [0.717, 1.165) is 17.3 Å². The lowest BCUT2D eigenvalue weighted by Crippen LogP contribution is -2.36. The highest BCUT2D eigenvalue weighted by atomic mass is 19.4. The van der Waals surface area contributed by atoms with E-state index in [2.05, 4.69) is 10.2 Å². The maximum absolute atomic E-state index is 13.4. The van der Waals surface area contributed by atoms with Gasteiger partial charge in [-0.15, -0.1) is 0 Å². The maximum atomic E-state index is 13.4. The number of H-pyrrole nitrogens is 1. The van der Waals surface area contributed by atoms with Gasteiger partial charge in [-0.25, -0.2) is 0 Å². The second kappa shape index (κ2) is 7.64. The number of rotatable bonds is 2. The van der Waals surface area contributed by atoms with E-state index in [9.17, 15) is 22.8 Å². The number of carbonyl (C=O) groups excluding carboxylic acids is 2. The second-order valence-corrected chi connectivity index (χ2v) is 9.20. The number of nitrogens with one attached hydrogen (secondary N) is 1. The van der Waals surface area contributed by atoms with Gasteiger partial charge in [0.1, 0.15) is 0 Å². The molecule has 2 amide bonds. The molecule has 32 heavy (non-hydrogen) atoms. The number of halogens is 3. The fraction of sp³-hybridized carbons (Fsp3) is 0.522. The summed E-state index contributed by atoms with van der Waals surface area (Å²) < 4.78 is 40.3. The number of benzene rings is 1. The van der Waals surface area contributed by atoms with E-state index in [-0.39, 0.29) is 29.6 Å². The monoisotopic (exact) mass is 446 g/mol. The van der Waals surface area contributed by atoms with Gasteiger partial charge < -0.3 is 9.80 Å².